The third kappa shape index (κ3) is 3.88. The molecule has 0 amide bonds. The van der Waals surface area contributed by atoms with Crippen molar-refractivity contribution in [3.8, 4) is 0 Å². The number of rotatable bonds is 2. The monoisotopic (exact) mass is 364 g/mol. The van der Waals surface area contributed by atoms with Gasteiger partial charge in [0.1, 0.15) is 11.6 Å². The first-order valence-electron chi connectivity index (χ1n) is 7.78. The number of hydrogen-bond acceptors (Lipinski definition) is 2. The van der Waals surface area contributed by atoms with Crippen LogP contribution in [0.25, 0.3) is 0 Å². The number of halogens is 6. The van der Waals surface area contributed by atoms with Crippen LogP contribution in [-0.2, 0) is 21.9 Å². The summed E-state index contributed by atoms with van der Waals surface area (Å²) in [7, 11) is 0. The number of carbonyl (C=O) groups is 2. The molecule has 0 aliphatic heterocycles. The van der Waals surface area contributed by atoms with Crippen molar-refractivity contribution >= 4 is 11.6 Å². The molecule has 0 N–H and O–H groups in total. The molecule has 1 aromatic carbocycles. The van der Waals surface area contributed by atoms with Gasteiger partial charge in [-0.05, 0) is 47.9 Å². The van der Waals surface area contributed by atoms with Crippen molar-refractivity contribution < 1.29 is 35.9 Å². The minimum absolute atomic E-state index is 0.0300. The number of hydrogen-bond donors (Lipinski definition) is 0. The molecule has 0 radical (unpaired) electrons. The predicted molar refractivity (Wildman–Crippen MR) is 74.6 cm³/mol. The van der Waals surface area contributed by atoms with Gasteiger partial charge in [0.15, 0.2) is 0 Å². The highest BCUT2D eigenvalue weighted by molar-refractivity contribution is 6.01. The zero-order chi connectivity index (χ0) is 18.6. The lowest BCUT2D eigenvalue weighted by Crippen LogP contribution is -2.24. The molecule has 0 aromatic heterocycles. The molecule has 2 atom stereocenters. The van der Waals surface area contributed by atoms with Crippen LogP contribution in [-0.4, -0.2) is 11.6 Å². The number of benzene rings is 1. The zero-order valence-corrected chi connectivity index (χ0v) is 12.9. The molecule has 2 saturated carbocycles. The van der Waals surface area contributed by atoms with Crippen molar-refractivity contribution in [1.29, 1.82) is 0 Å². The Morgan fingerprint density at radius 3 is 1.72 bits per heavy atom. The van der Waals surface area contributed by atoms with Gasteiger partial charge in [0.25, 0.3) is 0 Å². The number of Topliss-reactive ketones (excluding diaryl/α,β-unsaturated/α-hetero) is 2. The van der Waals surface area contributed by atoms with Crippen LogP contribution in [0.4, 0.5) is 26.3 Å². The highest BCUT2D eigenvalue weighted by atomic mass is 19.4. The lowest BCUT2D eigenvalue weighted by molar-refractivity contribution is -0.143. The predicted octanol–water partition coefficient (Wildman–Crippen LogP) is 4.77. The van der Waals surface area contributed by atoms with Crippen LogP contribution in [0.3, 0.4) is 0 Å². The van der Waals surface area contributed by atoms with Gasteiger partial charge in [0.2, 0.25) is 0 Å². The Morgan fingerprint density at radius 2 is 1.28 bits per heavy atom. The Balaban J connectivity index is 1.88. The van der Waals surface area contributed by atoms with Gasteiger partial charge in [-0.1, -0.05) is 0 Å². The summed E-state index contributed by atoms with van der Waals surface area (Å²) in [5.41, 5.74) is -2.70. The quantitative estimate of drug-likeness (QED) is 0.560. The van der Waals surface area contributed by atoms with E-state index in [0.717, 1.165) is 12.1 Å². The van der Waals surface area contributed by atoms with Gasteiger partial charge in [0.05, 0.1) is 17.5 Å². The van der Waals surface area contributed by atoms with Crippen LogP contribution < -0.4 is 0 Å². The van der Waals surface area contributed by atoms with Crippen molar-refractivity contribution in [3.05, 3.63) is 34.9 Å². The van der Waals surface area contributed by atoms with Gasteiger partial charge < -0.3 is 0 Å². The molecular formula is C17H14F6O2. The van der Waals surface area contributed by atoms with Crippen molar-refractivity contribution in [2.75, 3.05) is 0 Å². The van der Waals surface area contributed by atoms with Crippen LogP contribution >= 0.6 is 0 Å². The largest absolute Gasteiger partial charge is 0.416 e. The topological polar surface area (TPSA) is 34.1 Å². The first-order valence-corrected chi connectivity index (χ1v) is 7.78. The fourth-order valence-corrected chi connectivity index (χ4v) is 3.64. The molecule has 8 heteroatoms. The number of ketones is 2. The summed E-state index contributed by atoms with van der Waals surface area (Å²) in [4.78, 5) is 23.0. The Bertz CT molecular complexity index is 671. The van der Waals surface area contributed by atoms with Crippen LogP contribution in [0.2, 0.25) is 0 Å². The minimum Gasteiger partial charge on any atom is -0.299 e. The Morgan fingerprint density at radius 1 is 0.800 bits per heavy atom. The summed E-state index contributed by atoms with van der Waals surface area (Å²) >= 11 is 0. The van der Waals surface area contributed by atoms with E-state index in [1.165, 1.54) is 0 Å². The third-order valence-corrected chi connectivity index (χ3v) is 4.86. The summed E-state index contributed by atoms with van der Waals surface area (Å²) in [5, 5.41) is 0. The molecule has 2 nitrogen and oxygen atoms in total. The maximum absolute atomic E-state index is 12.9. The standard InChI is InChI=1S/C17H14F6O2/c18-16(19,20)10-1-8(2-11(5-10)17(21,22)23)14-7-15(14)9-3-12(24)6-13(25)4-9/h1-2,5,9,14-15H,3-4,6-7H2/t14-,15?/m1/s1. The van der Waals surface area contributed by atoms with Crippen molar-refractivity contribution in [1.82, 2.24) is 0 Å². The molecule has 0 saturated heterocycles. The molecule has 0 heterocycles. The maximum atomic E-state index is 12.9. The van der Waals surface area contributed by atoms with Gasteiger partial charge in [-0.3, -0.25) is 9.59 Å². The average molecular weight is 364 g/mol. The lowest BCUT2D eigenvalue weighted by atomic mass is 9.83. The smallest absolute Gasteiger partial charge is 0.299 e. The second-order valence-corrected chi connectivity index (χ2v) is 6.77. The van der Waals surface area contributed by atoms with E-state index in [1.807, 2.05) is 0 Å². The summed E-state index contributed by atoms with van der Waals surface area (Å²) in [5.74, 6) is -1.42. The molecule has 2 aliphatic rings. The van der Waals surface area contributed by atoms with Crippen LogP contribution in [0.5, 0.6) is 0 Å². The molecule has 2 aliphatic carbocycles. The summed E-state index contributed by atoms with van der Waals surface area (Å²) in [6.45, 7) is 0. The van der Waals surface area contributed by atoms with E-state index in [-0.39, 0.29) is 54.3 Å². The Labute approximate surface area is 139 Å². The highest BCUT2D eigenvalue weighted by Crippen LogP contribution is 2.55. The molecule has 1 aromatic rings. The normalized spacial score (nSPS) is 25.4. The second kappa shape index (κ2) is 5.85. The van der Waals surface area contributed by atoms with E-state index in [1.54, 1.807) is 0 Å². The molecule has 136 valence electrons. The zero-order valence-electron chi connectivity index (χ0n) is 12.9. The van der Waals surface area contributed by atoms with Crippen LogP contribution in [0, 0.1) is 11.8 Å². The molecule has 3 rings (SSSR count). The average Bonchev–Trinajstić information content (AvgIpc) is 3.24. The van der Waals surface area contributed by atoms with Crippen LogP contribution in [0.1, 0.15) is 48.3 Å². The Kier molecular flexibility index (Phi) is 4.20. The van der Waals surface area contributed by atoms with Gasteiger partial charge in [-0.25, -0.2) is 0 Å². The summed E-state index contributed by atoms with van der Waals surface area (Å²) < 4.78 is 77.5. The Hall–Kier alpha value is -1.86. The van der Waals surface area contributed by atoms with Gasteiger partial charge in [-0.15, -0.1) is 0 Å². The fraction of sp³-hybridized carbons (Fsp3) is 0.529. The van der Waals surface area contributed by atoms with Crippen molar-refractivity contribution in [3.63, 3.8) is 0 Å². The fourth-order valence-electron chi connectivity index (χ4n) is 3.64. The second-order valence-electron chi connectivity index (χ2n) is 6.77. The molecule has 1 unspecified atom stereocenters. The molecule has 25 heavy (non-hydrogen) atoms. The van der Waals surface area contributed by atoms with Gasteiger partial charge >= 0.3 is 12.4 Å². The van der Waals surface area contributed by atoms with Crippen LogP contribution in [0.15, 0.2) is 18.2 Å². The number of alkyl halides is 6. The van der Waals surface area contributed by atoms with Gasteiger partial charge in [0, 0.05) is 12.8 Å². The molecular weight excluding hydrogens is 350 g/mol. The SMILES string of the molecule is O=C1CC(=O)CC(C2C[C@@H]2c2cc(C(F)(F)F)cc(C(F)(F)F)c2)C1. The molecule has 2 fully saturated rings. The highest BCUT2D eigenvalue weighted by Gasteiger charge is 2.47. The van der Waals surface area contributed by atoms with Crippen molar-refractivity contribution in [2.45, 2.75) is 44.0 Å². The van der Waals surface area contributed by atoms with E-state index in [9.17, 15) is 35.9 Å². The first kappa shape index (κ1) is 17.9. The van der Waals surface area contributed by atoms with E-state index in [0.29, 0.717) is 6.42 Å². The third-order valence-electron chi connectivity index (χ3n) is 4.86. The number of carbonyl (C=O) groups excluding carboxylic acids is 2. The summed E-state index contributed by atoms with van der Waals surface area (Å²) in [6.07, 6.45) is -9.16. The maximum Gasteiger partial charge on any atom is 0.416 e. The van der Waals surface area contributed by atoms with E-state index < -0.39 is 29.4 Å². The first-order chi connectivity index (χ1) is 11.4. The molecule has 0 spiro atoms. The lowest BCUT2D eigenvalue weighted by Gasteiger charge is -2.20. The van der Waals surface area contributed by atoms with E-state index in [2.05, 4.69) is 0 Å². The molecule has 0 bridgehead atoms. The minimum atomic E-state index is -4.88. The van der Waals surface area contributed by atoms with Crippen molar-refractivity contribution in [2.24, 2.45) is 11.8 Å². The van der Waals surface area contributed by atoms with Gasteiger partial charge in [-0.2, -0.15) is 26.3 Å². The van der Waals surface area contributed by atoms with E-state index >= 15 is 0 Å². The van der Waals surface area contributed by atoms with E-state index in [4.69, 9.17) is 0 Å². The summed E-state index contributed by atoms with van der Waals surface area (Å²) in [6, 6.07) is 1.59.